The zero-order valence-corrected chi connectivity index (χ0v) is 17.5. The first kappa shape index (κ1) is 20.4. The molecular formula is C21H27N3O3S. The molecule has 0 spiro atoms. The molecule has 3 rings (SSSR count). The van der Waals surface area contributed by atoms with Crippen molar-refractivity contribution in [1.82, 2.24) is 9.21 Å². The molecule has 1 unspecified atom stereocenters. The Balaban J connectivity index is 1.79. The van der Waals surface area contributed by atoms with Gasteiger partial charge in [0.25, 0.3) is 0 Å². The van der Waals surface area contributed by atoms with Crippen LogP contribution in [0.1, 0.15) is 31.7 Å². The molecule has 28 heavy (non-hydrogen) atoms. The highest BCUT2D eigenvalue weighted by atomic mass is 32.2. The lowest BCUT2D eigenvalue weighted by molar-refractivity contribution is 0.171. The van der Waals surface area contributed by atoms with Gasteiger partial charge < -0.3 is 10.2 Å². The summed E-state index contributed by atoms with van der Waals surface area (Å²) in [6.07, 6.45) is 0.888. The Hall–Kier alpha value is -2.38. The first-order valence-electron chi connectivity index (χ1n) is 9.30. The van der Waals surface area contributed by atoms with Crippen LogP contribution in [-0.4, -0.2) is 49.8 Å². The summed E-state index contributed by atoms with van der Waals surface area (Å²) in [4.78, 5) is 14.9. The Bertz CT molecular complexity index is 956. The monoisotopic (exact) mass is 401 g/mol. The number of carbonyl (C=O) groups is 1. The van der Waals surface area contributed by atoms with Gasteiger partial charge in [-0.25, -0.2) is 17.5 Å². The highest BCUT2D eigenvalue weighted by Crippen LogP contribution is 2.41. The summed E-state index contributed by atoms with van der Waals surface area (Å²) in [5, 5.41) is 2.87. The Labute approximate surface area is 167 Å². The smallest absolute Gasteiger partial charge is 0.319 e. The lowest BCUT2D eigenvalue weighted by atomic mass is 9.83. The van der Waals surface area contributed by atoms with Gasteiger partial charge in [0.15, 0.2) is 0 Å². The van der Waals surface area contributed by atoms with Crippen LogP contribution in [0, 0.1) is 0 Å². The molecule has 0 bridgehead atoms. The molecule has 1 heterocycles. The number of nitrogens with zero attached hydrogens (tertiary/aromatic N) is 2. The number of rotatable bonds is 4. The molecule has 0 radical (unpaired) electrons. The lowest BCUT2D eigenvalue weighted by Crippen LogP contribution is -2.47. The highest BCUT2D eigenvalue weighted by molar-refractivity contribution is 7.89. The standard InChI is InChI=1S/C21H27N3O3S/c1-21(2)19(16-9-6-5-7-10-16)13-14-24(21)20(25)22-17-11-8-12-18(15-17)28(26,27)23(3)4/h5-12,15,19H,13-14H2,1-4H3,(H,22,25). The Kier molecular flexibility index (Phi) is 5.50. The van der Waals surface area contributed by atoms with Gasteiger partial charge in [0.1, 0.15) is 0 Å². The fraction of sp³-hybridized carbons (Fsp3) is 0.381. The molecule has 0 saturated carbocycles. The maximum atomic E-state index is 13.0. The quantitative estimate of drug-likeness (QED) is 0.848. The second-order valence-electron chi connectivity index (χ2n) is 7.80. The first-order valence-corrected chi connectivity index (χ1v) is 10.7. The second kappa shape index (κ2) is 7.56. The average molecular weight is 402 g/mol. The number of hydrogen-bond acceptors (Lipinski definition) is 3. The SMILES string of the molecule is CN(C)S(=O)(=O)c1cccc(NC(=O)N2CCC(c3ccccc3)C2(C)C)c1. The van der Waals surface area contributed by atoms with E-state index in [-0.39, 0.29) is 22.4 Å². The summed E-state index contributed by atoms with van der Waals surface area (Å²) in [6.45, 7) is 4.79. The molecule has 1 atom stereocenters. The zero-order valence-electron chi connectivity index (χ0n) is 16.7. The summed E-state index contributed by atoms with van der Waals surface area (Å²) < 4.78 is 25.8. The number of likely N-dealkylation sites (tertiary alicyclic amines) is 1. The van der Waals surface area contributed by atoms with Crippen molar-refractivity contribution in [3.8, 4) is 0 Å². The Morgan fingerprint density at radius 3 is 2.43 bits per heavy atom. The van der Waals surface area contributed by atoms with E-state index in [9.17, 15) is 13.2 Å². The molecule has 0 aliphatic carbocycles. The third-order valence-electron chi connectivity index (χ3n) is 5.50. The zero-order chi connectivity index (χ0) is 20.5. The van der Waals surface area contributed by atoms with Gasteiger partial charge >= 0.3 is 6.03 Å². The van der Waals surface area contributed by atoms with Gasteiger partial charge in [0.05, 0.1) is 4.90 Å². The van der Waals surface area contributed by atoms with E-state index in [1.807, 2.05) is 23.1 Å². The minimum absolute atomic E-state index is 0.151. The molecule has 1 saturated heterocycles. The molecule has 0 aromatic heterocycles. The summed E-state index contributed by atoms with van der Waals surface area (Å²) >= 11 is 0. The van der Waals surface area contributed by atoms with Crippen LogP contribution in [-0.2, 0) is 10.0 Å². The number of anilines is 1. The molecule has 2 amide bonds. The van der Waals surface area contributed by atoms with Gasteiger partial charge in [-0.05, 0) is 44.0 Å². The van der Waals surface area contributed by atoms with Gasteiger partial charge in [-0.1, -0.05) is 36.4 Å². The number of benzene rings is 2. The van der Waals surface area contributed by atoms with Crippen LogP contribution in [0.5, 0.6) is 0 Å². The molecule has 1 aliphatic rings. The van der Waals surface area contributed by atoms with E-state index in [2.05, 4.69) is 31.3 Å². The molecule has 7 heteroatoms. The fourth-order valence-electron chi connectivity index (χ4n) is 3.85. The maximum Gasteiger partial charge on any atom is 0.322 e. The van der Waals surface area contributed by atoms with Gasteiger partial charge in [-0.2, -0.15) is 0 Å². The normalized spacial score (nSPS) is 19.0. The van der Waals surface area contributed by atoms with Crippen LogP contribution in [0.25, 0.3) is 0 Å². The van der Waals surface area contributed by atoms with E-state index < -0.39 is 10.0 Å². The number of hydrogen-bond donors (Lipinski definition) is 1. The van der Waals surface area contributed by atoms with E-state index >= 15 is 0 Å². The Morgan fingerprint density at radius 2 is 1.79 bits per heavy atom. The topological polar surface area (TPSA) is 69.7 Å². The Morgan fingerprint density at radius 1 is 1.11 bits per heavy atom. The first-order chi connectivity index (χ1) is 13.1. The summed E-state index contributed by atoms with van der Waals surface area (Å²) in [6, 6.07) is 16.4. The second-order valence-corrected chi connectivity index (χ2v) is 9.95. The summed E-state index contributed by atoms with van der Waals surface area (Å²) in [5.74, 6) is 0.250. The third kappa shape index (κ3) is 3.77. The predicted molar refractivity (Wildman–Crippen MR) is 111 cm³/mol. The molecule has 1 fully saturated rings. The molecule has 2 aromatic carbocycles. The molecule has 1 aliphatic heterocycles. The van der Waals surface area contributed by atoms with Crippen LogP contribution < -0.4 is 5.32 Å². The minimum Gasteiger partial charge on any atom is -0.319 e. The van der Waals surface area contributed by atoms with Crippen LogP contribution in [0.2, 0.25) is 0 Å². The van der Waals surface area contributed by atoms with Gasteiger partial charge in [-0.15, -0.1) is 0 Å². The fourth-order valence-corrected chi connectivity index (χ4v) is 4.79. The van der Waals surface area contributed by atoms with Gasteiger partial charge in [0.2, 0.25) is 10.0 Å². The van der Waals surface area contributed by atoms with Crippen LogP contribution in [0.4, 0.5) is 10.5 Å². The van der Waals surface area contributed by atoms with Crippen molar-refractivity contribution in [2.45, 2.75) is 36.6 Å². The van der Waals surface area contributed by atoms with E-state index in [1.54, 1.807) is 12.1 Å². The van der Waals surface area contributed by atoms with Gasteiger partial charge in [0, 0.05) is 37.8 Å². The maximum absolute atomic E-state index is 13.0. The molecule has 6 nitrogen and oxygen atoms in total. The van der Waals surface area contributed by atoms with E-state index in [4.69, 9.17) is 0 Å². The number of amides is 2. The molecule has 150 valence electrons. The van der Waals surface area contributed by atoms with Crippen molar-refractivity contribution in [2.24, 2.45) is 0 Å². The average Bonchev–Trinajstić information content (AvgIpc) is 2.97. The predicted octanol–water partition coefficient (Wildman–Crippen LogP) is 3.74. The highest BCUT2D eigenvalue weighted by Gasteiger charge is 2.44. The molecular weight excluding hydrogens is 374 g/mol. The third-order valence-corrected chi connectivity index (χ3v) is 7.31. The number of nitrogens with one attached hydrogen (secondary N) is 1. The number of sulfonamides is 1. The van der Waals surface area contributed by atoms with Crippen molar-refractivity contribution in [2.75, 3.05) is 26.0 Å². The van der Waals surface area contributed by atoms with Crippen molar-refractivity contribution in [3.05, 3.63) is 60.2 Å². The number of carbonyl (C=O) groups excluding carboxylic acids is 1. The van der Waals surface area contributed by atoms with Crippen LogP contribution >= 0.6 is 0 Å². The summed E-state index contributed by atoms with van der Waals surface area (Å²) in [7, 11) is -0.587. The van der Waals surface area contributed by atoms with Crippen molar-refractivity contribution in [3.63, 3.8) is 0 Å². The number of urea groups is 1. The molecule has 2 aromatic rings. The minimum atomic E-state index is -3.55. The van der Waals surface area contributed by atoms with Gasteiger partial charge in [-0.3, -0.25) is 0 Å². The van der Waals surface area contributed by atoms with Crippen LogP contribution in [0.3, 0.4) is 0 Å². The summed E-state index contributed by atoms with van der Waals surface area (Å²) in [5.41, 5.74) is 1.34. The van der Waals surface area contributed by atoms with Crippen molar-refractivity contribution < 1.29 is 13.2 Å². The lowest BCUT2D eigenvalue weighted by Gasteiger charge is -2.36. The van der Waals surface area contributed by atoms with Crippen molar-refractivity contribution in [1.29, 1.82) is 0 Å². The van der Waals surface area contributed by atoms with Crippen molar-refractivity contribution >= 4 is 21.7 Å². The largest absolute Gasteiger partial charge is 0.322 e. The van der Waals surface area contributed by atoms with E-state index in [0.29, 0.717) is 12.2 Å². The van der Waals surface area contributed by atoms with E-state index in [1.165, 1.54) is 31.8 Å². The van der Waals surface area contributed by atoms with Crippen LogP contribution in [0.15, 0.2) is 59.5 Å². The van der Waals surface area contributed by atoms with E-state index in [0.717, 1.165) is 10.7 Å². The molecule has 1 N–H and O–H groups in total.